The Morgan fingerprint density at radius 3 is 0.747 bits per heavy atom. The molecule has 0 radical (unpaired) electrons. The van der Waals surface area contributed by atoms with Gasteiger partial charge in [-0.05, 0) is 103 Å². The minimum atomic E-state index is -0.778. The van der Waals surface area contributed by atoms with E-state index in [1.807, 2.05) is 0 Å². The molecule has 79 heavy (non-hydrogen) atoms. The number of esters is 3. The van der Waals surface area contributed by atoms with Gasteiger partial charge in [0.1, 0.15) is 13.2 Å². The van der Waals surface area contributed by atoms with E-state index in [1.165, 1.54) is 250 Å². The first-order valence-electron chi connectivity index (χ1n) is 34.8. The summed E-state index contributed by atoms with van der Waals surface area (Å²) in [5.74, 6) is -0.866. The molecule has 6 heteroatoms. The van der Waals surface area contributed by atoms with Crippen LogP contribution in [0.2, 0.25) is 0 Å². The number of carbonyl (C=O) groups excluding carboxylic acids is 3. The molecular weight excluding hydrogens is 973 g/mol. The SMILES string of the molecule is CCCC/C=C\CCCCCCCC(=O)OCC(COC(=O)CCCCCCCCCCCCCCC/C=C\C/C=C\CCCCCCC)OC(=O)CCCCCCCCCCCCCCC/C=C\C/C=C\CCCCCCC. The van der Waals surface area contributed by atoms with Crippen molar-refractivity contribution in [1.29, 1.82) is 0 Å². The van der Waals surface area contributed by atoms with Crippen LogP contribution in [0.5, 0.6) is 0 Å². The third-order valence-electron chi connectivity index (χ3n) is 15.5. The molecule has 6 nitrogen and oxygen atoms in total. The molecule has 0 spiro atoms. The van der Waals surface area contributed by atoms with Gasteiger partial charge in [0.15, 0.2) is 6.10 Å². The molecule has 0 aromatic carbocycles. The van der Waals surface area contributed by atoms with E-state index in [2.05, 4.69) is 81.5 Å². The zero-order valence-corrected chi connectivity index (χ0v) is 52.9. The quantitative estimate of drug-likeness (QED) is 0.0261. The Kier molecular flexibility index (Phi) is 65.1. The second kappa shape index (κ2) is 67.6. The van der Waals surface area contributed by atoms with Crippen LogP contribution < -0.4 is 0 Å². The highest BCUT2D eigenvalue weighted by atomic mass is 16.6. The molecule has 0 fully saturated rings. The van der Waals surface area contributed by atoms with Crippen LogP contribution in [-0.2, 0) is 28.6 Å². The third-order valence-corrected chi connectivity index (χ3v) is 15.5. The Morgan fingerprint density at radius 1 is 0.253 bits per heavy atom. The molecule has 0 saturated heterocycles. The molecule has 460 valence electrons. The van der Waals surface area contributed by atoms with Gasteiger partial charge in [-0.3, -0.25) is 14.4 Å². The maximum Gasteiger partial charge on any atom is 0.306 e. The van der Waals surface area contributed by atoms with E-state index in [4.69, 9.17) is 14.2 Å². The summed E-state index contributed by atoms with van der Waals surface area (Å²) in [7, 11) is 0. The number of rotatable bonds is 64. The van der Waals surface area contributed by atoms with Crippen molar-refractivity contribution in [3.05, 3.63) is 60.8 Å². The molecule has 0 bridgehead atoms. The van der Waals surface area contributed by atoms with Gasteiger partial charge in [-0.1, -0.05) is 306 Å². The highest BCUT2D eigenvalue weighted by molar-refractivity contribution is 5.71. The van der Waals surface area contributed by atoms with E-state index in [-0.39, 0.29) is 31.1 Å². The van der Waals surface area contributed by atoms with Crippen LogP contribution >= 0.6 is 0 Å². The van der Waals surface area contributed by atoms with E-state index >= 15 is 0 Å². The summed E-state index contributed by atoms with van der Waals surface area (Å²) >= 11 is 0. The Bertz CT molecular complexity index is 1410. The van der Waals surface area contributed by atoms with Crippen LogP contribution in [0, 0.1) is 0 Å². The summed E-state index contributed by atoms with van der Waals surface area (Å²) in [6.45, 7) is 6.62. The van der Waals surface area contributed by atoms with Gasteiger partial charge in [0.05, 0.1) is 0 Å². The maximum absolute atomic E-state index is 12.9. The lowest BCUT2D eigenvalue weighted by Crippen LogP contribution is -2.30. The van der Waals surface area contributed by atoms with E-state index in [9.17, 15) is 14.4 Å². The first-order chi connectivity index (χ1) is 39.0. The van der Waals surface area contributed by atoms with Gasteiger partial charge in [0.25, 0.3) is 0 Å². The van der Waals surface area contributed by atoms with Crippen LogP contribution in [0.3, 0.4) is 0 Å². The first kappa shape index (κ1) is 76.1. The van der Waals surface area contributed by atoms with Crippen molar-refractivity contribution in [2.24, 2.45) is 0 Å². The molecule has 0 aliphatic heterocycles. The third kappa shape index (κ3) is 65.8. The molecule has 0 N–H and O–H groups in total. The van der Waals surface area contributed by atoms with Crippen molar-refractivity contribution in [2.75, 3.05) is 13.2 Å². The summed E-state index contributed by atoms with van der Waals surface area (Å²) in [5.41, 5.74) is 0. The second-order valence-electron chi connectivity index (χ2n) is 23.4. The van der Waals surface area contributed by atoms with Crippen molar-refractivity contribution in [2.45, 2.75) is 374 Å². The fraction of sp³-hybridized carbons (Fsp3) is 0.822. The summed E-state index contributed by atoms with van der Waals surface area (Å²) < 4.78 is 17.0. The summed E-state index contributed by atoms with van der Waals surface area (Å²) in [5, 5.41) is 0. The number of hydrogen-bond acceptors (Lipinski definition) is 6. The van der Waals surface area contributed by atoms with Gasteiger partial charge in [-0.15, -0.1) is 0 Å². The van der Waals surface area contributed by atoms with E-state index < -0.39 is 6.10 Å². The number of allylic oxidation sites excluding steroid dienone is 10. The van der Waals surface area contributed by atoms with Crippen molar-refractivity contribution in [1.82, 2.24) is 0 Å². The lowest BCUT2D eigenvalue weighted by Gasteiger charge is -2.18. The molecule has 0 saturated carbocycles. The monoisotopic (exact) mass is 1110 g/mol. The fourth-order valence-electron chi connectivity index (χ4n) is 10.2. The second-order valence-corrected chi connectivity index (χ2v) is 23.4. The smallest absolute Gasteiger partial charge is 0.306 e. The number of ether oxygens (including phenoxy) is 3. The average Bonchev–Trinajstić information content (AvgIpc) is 3.45. The lowest BCUT2D eigenvalue weighted by atomic mass is 10.0. The minimum absolute atomic E-state index is 0.0746. The van der Waals surface area contributed by atoms with Gasteiger partial charge in [0, 0.05) is 19.3 Å². The molecular formula is C73H132O6. The van der Waals surface area contributed by atoms with Crippen LogP contribution in [-0.4, -0.2) is 37.2 Å². The predicted molar refractivity (Wildman–Crippen MR) is 344 cm³/mol. The summed E-state index contributed by atoms with van der Waals surface area (Å²) in [4.78, 5) is 38.3. The van der Waals surface area contributed by atoms with E-state index in [0.29, 0.717) is 19.3 Å². The molecule has 0 heterocycles. The zero-order chi connectivity index (χ0) is 57.1. The first-order valence-corrected chi connectivity index (χ1v) is 34.8. The highest BCUT2D eigenvalue weighted by Gasteiger charge is 2.19. The van der Waals surface area contributed by atoms with E-state index in [0.717, 1.165) is 77.0 Å². The standard InChI is InChI=1S/C73H132O6/c1-4-7-10-13-16-19-22-24-26-28-30-32-34-36-38-40-42-44-46-48-51-54-57-60-63-66-72(75)78-69-70(68-77-71(74)65-62-59-56-53-50-21-18-15-12-9-6-3)79-73(76)67-64-61-58-55-52-49-47-45-43-41-39-37-35-33-31-29-27-25-23-20-17-14-11-8-5-2/h15,18,22-25,28-31,70H,4-14,16-17,19-21,26-27,32-69H2,1-3H3/b18-15-,24-22-,25-23-,30-28-,31-29-. The van der Waals surface area contributed by atoms with Gasteiger partial charge < -0.3 is 14.2 Å². The Hall–Kier alpha value is -2.89. The predicted octanol–water partition coefficient (Wildman–Crippen LogP) is 23.9. The maximum atomic E-state index is 12.9. The van der Waals surface area contributed by atoms with Crippen molar-refractivity contribution in [3.8, 4) is 0 Å². The van der Waals surface area contributed by atoms with Crippen molar-refractivity contribution in [3.63, 3.8) is 0 Å². The number of carbonyl (C=O) groups is 3. The van der Waals surface area contributed by atoms with Crippen LogP contribution in [0.1, 0.15) is 367 Å². The van der Waals surface area contributed by atoms with Gasteiger partial charge in [-0.25, -0.2) is 0 Å². The van der Waals surface area contributed by atoms with Crippen molar-refractivity contribution < 1.29 is 28.6 Å². The Morgan fingerprint density at radius 2 is 0.468 bits per heavy atom. The fourth-order valence-corrected chi connectivity index (χ4v) is 10.2. The summed E-state index contributed by atoms with van der Waals surface area (Å²) in [6, 6.07) is 0. The Balaban J connectivity index is 4.21. The number of unbranched alkanes of at least 4 members (excludes halogenated alkanes) is 43. The summed E-state index contributed by atoms with van der Waals surface area (Å²) in [6.07, 6.45) is 86.8. The van der Waals surface area contributed by atoms with Crippen LogP contribution in [0.4, 0.5) is 0 Å². The topological polar surface area (TPSA) is 78.9 Å². The van der Waals surface area contributed by atoms with E-state index in [1.54, 1.807) is 0 Å². The molecule has 0 aliphatic carbocycles. The molecule has 0 aromatic rings. The molecule has 0 amide bonds. The van der Waals surface area contributed by atoms with Gasteiger partial charge in [-0.2, -0.15) is 0 Å². The molecule has 0 aromatic heterocycles. The zero-order valence-electron chi connectivity index (χ0n) is 52.9. The van der Waals surface area contributed by atoms with Crippen LogP contribution in [0.25, 0.3) is 0 Å². The number of hydrogen-bond donors (Lipinski definition) is 0. The average molecular weight is 1110 g/mol. The molecule has 0 aliphatic rings. The normalized spacial score (nSPS) is 12.4. The van der Waals surface area contributed by atoms with Gasteiger partial charge >= 0.3 is 17.9 Å². The lowest BCUT2D eigenvalue weighted by molar-refractivity contribution is -0.167. The van der Waals surface area contributed by atoms with Crippen LogP contribution in [0.15, 0.2) is 60.8 Å². The van der Waals surface area contributed by atoms with Gasteiger partial charge in [0.2, 0.25) is 0 Å². The minimum Gasteiger partial charge on any atom is -0.462 e. The highest BCUT2D eigenvalue weighted by Crippen LogP contribution is 2.17. The molecule has 1 atom stereocenters. The van der Waals surface area contributed by atoms with Crippen molar-refractivity contribution >= 4 is 17.9 Å². The molecule has 1 unspecified atom stereocenters. The largest absolute Gasteiger partial charge is 0.462 e. The Labute approximate surface area is 491 Å². The molecule has 0 rings (SSSR count).